The average Bonchev–Trinajstić information content (AvgIpc) is 2.74. The highest BCUT2D eigenvalue weighted by Crippen LogP contribution is 2.15. The first-order valence-electron chi connectivity index (χ1n) is 6.44. The summed E-state index contributed by atoms with van der Waals surface area (Å²) in [6.07, 6.45) is 2.37. The number of thioether (sulfide) groups is 1. The number of nitrogens with zero attached hydrogens (tertiary/aromatic N) is 3. The number of aryl methyl sites for hydroxylation is 1. The maximum atomic E-state index is 11.8. The Bertz CT molecular complexity index is 395. The molecule has 1 rings (SSSR count). The Labute approximate surface area is 118 Å². The zero-order valence-corrected chi connectivity index (χ0v) is 12.7. The van der Waals surface area contributed by atoms with E-state index >= 15 is 0 Å². The number of rotatable bonds is 8. The number of hydrogen-bond donors (Lipinski definition) is 1. The lowest BCUT2D eigenvalue weighted by Gasteiger charge is -2.19. The lowest BCUT2D eigenvalue weighted by molar-refractivity contribution is -0.145. The molecule has 0 aliphatic carbocycles. The lowest BCUT2D eigenvalue weighted by atomic mass is 10.2. The molecular formula is C12H22N4O2S. The second-order valence-electron chi connectivity index (χ2n) is 4.49. The summed E-state index contributed by atoms with van der Waals surface area (Å²) in [5.41, 5.74) is 0. The van der Waals surface area contributed by atoms with Gasteiger partial charge >= 0.3 is 5.97 Å². The minimum absolute atomic E-state index is 0.185. The van der Waals surface area contributed by atoms with Crippen LogP contribution in [0.3, 0.4) is 0 Å². The summed E-state index contributed by atoms with van der Waals surface area (Å²) in [5, 5.41) is 11.9. The Hall–Kier alpha value is -1.08. The molecule has 19 heavy (non-hydrogen) atoms. The fourth-order valence-electron chi connectivity index (χ4n) is 1.59. The van der Waals surface area contributed by atoms with Gasteiger partial charge in [0.1, 0.15) is 12.4 Å². The van der Waals surface area contributed by atoms with Gasteiger partial charge in [-0.05, 0) is 13.3 Å². The molecule has 1 heterocycles. The molecule has 0 aliphatic rings. The van der Waals surface area contributed by atoms with E-state index in [0.717, 1.165) is 10.9 Å². The second kappa shape index (κ2) is 8.16. The molecule has 1 aromatic heterocycles. The van der Waals surface area contributed by atoms with Crippen LogP contribution in [0.2, 0.25) is 0 Å². The molecule has 0 aromatic carbocycles. The zero-order valence-electron chi connectivity index (χ0n) is 11.9. The van der Waals surface area contributed by atoms with Crippen LogP contribution in [0.1, 0.15) is 27.2 Å². The quantitative estimate of drug-likeness (QED) is 0.572. The van der Waals surface area contributed by atoms with Crippen LogP contribution < -0.4 is 5.32 Å². The minimum Gasteiger partial charge on any atom is -0.465 e. The van der Waals surface area contributed by atoms with Crippen molar-refractivity contribution in [2.45, 2.75) is 44.4 Å². The first kappa shape index (κ1) is 16.0. The molecule has 0 saturated heterocycles. The monoisotopic (exact) mass is 286 g/mol. The second-order valence-corrected chi connectivity index (χ2v) is 5.55. The van der Waals surface area contributed by atoms with Crippen molar-refractivity contribution in [2.75, 3.05) is 12.4 Å². The first-order chi connectivity index (χ1) is 9.04. The Morgan fingerprint density at radius 3 is 2.84 bits per heavy atom. The number of carbonyl (C=O) groups excluding carboxylic acids is 1. The summed E-state index contributed by atoms with van der Waals surface area (Å²) in [5.74, 6) is 0.602. The van der Waals surface area contributed by atoms with E-state index in [-0.39, 0.29) is 18.1 Å². The highest BCUT2D eigenvalue weighted by molar-refractivity contribution is 7.99. The van der Waals surface area contributed by atoms with E-state index in [1.807, 2.05) is 32.4 Å². The topological polar surface area (TPSA) is 69.0 Å². The van der Waals surface area contributed by atoms with E-state index in [4.69, 9.17) is 4.74 Å². The predicted octanol–water partition coefficient (Wildman–Crippen LogP) is 1.23. The van der Waals surface area contributed by atoms with Gasteiger partial charge in [0.15, 0.2) is 5.16 Å². The lowest BCUT2D eigenvalue weighted by Crippen LogP contribution is -2.42. The Morgan fingerprint density at radius 1 is 1.58 bits per heavy atom. The third-order valence-electron chi connectivity index (χ3n) is 2.41. The van der Waals surface area contributed by atoms with E-state index in [2.05, 4.69) is 15.5 Å². The Kier molecular flexibility index (Phi) is 6.86. The normalized spacial score (nSPS) is 12.7. The Balaban J connectivity index is 2.44. The van der Waals surface area contributed by atoms with Crippen LogP contribution in [0, 0.1) is 0 Å². The van der Waals surface area contributed by atoms with Crippen LogP contribution in [0.15, 0.2) is 11.5 Å². The summed E-state index contributed by atoms with van der Waals surface area (Å²) in [4.78, 5) is 11.8. The smallest absolute Gasteiger partial charge is 0.323 e. The number of nitrogens with one attached hydrogen (secondary N) is 1. The molecule has 0 amide bonds. The van der Waals surface area contributed by atoms with Crippen molar-refractivity contribution in [1.82, 2.24) is 20.1 Å². The van der Waals surface area contributed by atoms with Gasteiger partial charge in [0.05, 0.1) is 6.61 Å². The van der Waals surface area contributed by atoms with Gasteiger partial charge in [-0.2, -0.15) is 0 Å². The summed E-state index contributed by atoms with van der Waals surface area (Å²) in [7, 11) is 1.90. The molecule has 1 aromatic rings. The maximum Gasteiger partial charge on any atom is 0.323 e. The predicted molar refractivity (Wildman–Crippen MR) is 75.0 cm³/mol. The molecule has 108 valence electrons. The standard InChI is InChI=1S/C12H22N4O2S/c1-5-18-11(17)10(14-9(2)3)6-7-19-12-15-13-8-16(12)4/h8-10,14H,5-7H2,1-4H3. The maximum absolute atomic E-state index is 11.8. The van der Waals surface area contributed by atoms with Crippen molar-refractivity contribution >= 4 is 17.7 Å². The summed E-state index contributed by atoms with van der Waals surface area (Å²) >= 11 is 1.59. The van der Waals surface area contributed by atoms with Gasteiger partial charge in [-0.15, -0.1) is 10.2 Å². The van der Waals surface area contributed by atoms with E-state index in [9.17, 15) is 4.79 Å². The van der Waals surface area contributed by atoms with Gasteiger partial charge in [0, 0.05) is 18.8 Å². The van der Waals surface area contributed by atoms with Crippen LogP contribution in [0.4, 0.5) is 0 Å². The van der Waals surface area contributed by atoms with E-state index in [0.29, 0.717) is 13.0 Å². The number of hydrogen-bond acceptors (Lipinski definition) is 6. The Morgan fingerprint density at radius 2 is 2.32 bits per heavy atom. The van der Waals surface area contributed by atoms with Crippen LogP contribution in [-0.2, 0) is 16.6 Å². The van der Waals surface area contributed by atoms with Crippen molar-refractivity contribution in [1.29, 1.82) is 0 Å². The molecule has 1 unspecified atom stereocenters. The van der Waals surface area contributed by atoms with Gasteiger partial charge in [0.2, 0.25) is 0 Å². The molecule has 0 bridgehead atoms. The molecule has 1 atom stereocenters. The molecule has 6 nitrogen and oxygen atoms in total. The van der Waals surface area contributed by atoms with Gasteiger partial charge in [-0.3, -0.25) is 4.79 Å². The molecule has 0 aliphatic heterocycles. The van der Waals surface area contributed by atoms with Crippen molar-refractivity contribution in [3.05, 3.63) is 6.33 Å². The molecule has 0 spiro atoms. The van der Waals surface area contributed by atoms with Crippen LogP contribution in [0.25, 0.3) is 0 Å². The first-order valence-corrected chi connectivity index (χ1v) is 7.42. The average molecular weight is 286 g/mol. The summed E-state index contributed by atoms with van der Waals surface area (Å²) in [6, 6.07) is -0.0186. The number of esters is 1. The van der Waals surface area contributed by atoms with Crippen LogP contribution >= 0.6 is 11.8 Å². The fourth-order valence-corrected chi connectivity index (χ4v) is 2.48. The van der Waals surface area contributed by atoms with Crippen LogP contribution in [0.5, 0.6) is 0 Å². The third kappa shape index (κ3) is 5.61. The van der Waals surface area contributed by atoms with E-state index in [1.54, 1.807) is 18.1 Å². The zero-order chi connectivity index (χ0) is 14.3. The van der Waals surface area contributed by atoms with Gasteiger partial charge in [-0.25, -0.2) is 0 Å². The highest BCUT2D eigenvalue weighted by atomic mass is 32.2. The van der Waals surface area contributed by atoms with E-state index < -0.39 is 0 Å². The van der Waals surface area contributed by atoms with Crippen molar-refractivity contribution < 1.29 is 9.53 Å². The molecule has 1 N–H and O–H groups in total. The largest absolute Gasteiger partial charge is 0.465 e. The third-order valence-corrected chi connectivity index (χ3v) is 3.48. The highest BCUT2D eigenvalue weighted by Gasteiger charge is 2.20. The molecule has 7 heteroatoms. The SMILES string of the molecule is CCOC(=O)C(CCSc1nncn1C)NC(C)C. The van der Waals surface area contributed by atoms with Crippen molar-refractivity contribution in [2.24, 2.45) is 7.05 Å². The van der Waals surface area contributed by atoms with Crippen LogP contribution in [-0.4, -0.2) is 45.2 Å². The molecule has 0 radical (unpaired) electrons. The number of ether oxygens (including phenoxy) is 1. The summed E-state index contributed by atoms with van der Waals surface area (Å²) < 4.78 is 6.93. The molecule has 0 fully saturated rings. The number of carbonyl (C=O) groups is 1. The van der Waals surface area contributed by atoms with Gasteiger partial charge < -0.3 is 14.6 Å². The molecular weight excluding hydrogens is 264 g/mol. The fraction of sp³-hybridized carbons (Fsp3) is 0.750. The summed E-state index contributed by atoms with van der Waals surface area (Å²) in [6.45, 7) is 6.26. The minimum atomic E-state index is -0.263. The van der Waals surface area contributed by atoms with Gasteiger partial charge in [0.25, 0.3) is 0 Å². The van der Waals surface area contributed by atoms with Crippen molar-refractivity contribution in [3.8, 4) is 0 Å². The van der Waals surface area contributed by atoms with Gasteiger partial charge in [-0.1, -0.05) is 25.6 Å². The van der Waals surface area contributed by atoms with E-state index in [1.165, 1.54) is 0 Å². The molecule has 0 saturated carbocycles. The van der Waals surface area contributed by atoms with Crippen molar-refractivity contribution in [3.63, 3.8) is 0 Å². The number of aromatic nitrogens is 3.